The van der Waals surface area contributed by atoms with Crippen LogP contribution in [0, 0.1) is 6.92 Å². The Morgan fingerprint density at radius 1 is 1.15 bits per heavy atom. The Balaban J connectivity index is 2.06. The van der Waals surface area contributed by atoms with Gasteiger partial charge in [-0.25, -0.2) is 0 Å². The molecule has 0 heterocycles. The number of benzene rings is 2. The van der Waals surface area contributed by atoms with Crippen LogP contribution in [0.4, 0.5) is 0 Å². The minimum atomic E-state index is -3.98. The Morgan fingerprint density at radius 2 is 1.81 bits per heavy atom. The molecule has 0 aliphatic carbocycles. The first-order valence-corrected chi connectivity index (χ1v) is 9.48. The first-order valence-electron chi connectivity index (χ1n) is 8.07. The summed E-state index contributed by atoms with van der Waals surface area (Å²) < 4.78 is 40.0. The third-order valence-electron chi connectivity index (χ3n) is 3.77. The van der Waals surface area contributed by atoms with Crippen LogP contribution in [0.1, 0.15) is 11.1 Å². The van der Waals surface area contributed by atoms with E-state index in [-0.39, 0.29) is 4.90 Å². The van der Waals surface area contributed by atoms with Crippen molar-refractivity contribution in [2.45, 2.75) is 30.4 Å². The van der Waals surface area contributed by atoms with Gasteiger partial charge in [-0.3, -0.25) is 0 Å². The van der Waals surface area contributed by atoms with Gasteiger partial charge in [0, 0.05) is 0 Å². The van der Waals surface area contributed by atoms with Gasteiger partial charge in [-0.1, -0.05) is 0 Å². The van der Waals surface area contributed by atoms with Crippen molar-refractivity contribution in [3.8, 4) is 0 Å². The zero-order chi connectivity index (χ0) is 19.0. The van der Waals surface area contributed by atoms with E-state index in [0.29, 0.717) is 13.6 Å². The fourth-order valence-electron chi connectivity index (χ4n) is 2.33. The number of hydrogen-bond acceptors (Lipinski definition) is 6. The molecular weight excluding hydrogens is 353 g/mol. The summed E-state index contributed by atoms with van der Waals surface area (Å²) in [7, 11) is -3.47. The second-order valence-corrected chi connectivity index (χ2v) is 7.43. The van der Waals surface area contributed by atoms with E-state index >= 15 is 0 Å². The molecule has 0 aliphatic heterocycles. The number of rotatable bonds is 9. The van der Waals surface area contributed by atoms with Gasteiger partial charge >= 0.3 is 154 Å². The van der Waals surface area contributed by atoms with Crippen molar-refractivity contribution in [3.63, 3.8) is 0 Å². The molecule has 8 heteroatoms. The van der Waals surface area contributed by atoms with Gasteiger partial charge in [-0.2, -0.15) is 0 Å². The maximum atomic E-state index is 12.2. The molecule has 0 fully saturated rings. The monoisotopic (exact) mass is 373 g/mol. The molecule has 2 aromatic carbocycles. The van der Waals surface area contributed by atoms with Crippen LogP contribution in [0.5, 0.6) is 0 Å². The van der Waals surface area contributed by atoms with Crippen LogP contribution in [0.15, 0.2) is 64.5 Å². The van der Waals surface area contributed by atoms with Crippen molar-refractivity contribution in [2.24, 2.45) is 4.99 Å². The Labute approximate surface area is 153 Å². The van der Waals surface area contributed by atoms with Gasteiger partial charge in [0.25, 0.3) is 0 Å². The van der Waals surface area contributed by atoms with Gasteiger partial charge in [0.15, 0.2) is 0 Å². The first-order chi connectivity index (χ1) is 12.4. The first kappa shape index (κ1) is 20.2. The summed E-state index contributed by atoms with van der Waals surface area (Å²) in [6.45, 7) is 1.39. The van der Waals surface area contributed by atoms with E-state index in [4.69, 9.17) is 4.18 Å². The zero-order valence-corrected chi connectivity index (χ0v) is 15.2. The Kier molecular flexibility index (Phi) is 7.38. The van der Waals surface area contributed by atoms with Crippen LogP contribution in [-0.4, -0.2) is 45.5 Å². The number of aliphatic hydroxyl groups is 1. The van der Waals surface area contributed by atoms with Crippen LogP contribution in [0.3, 0.4) is 0 Å². The third-order valence-corrected chi connectivity index (χ3v) is 5.07. The number of aryl methyl sites for hydroxylation is 1. The van der Waals surface area contributed by atoms with Crippen LogP contribution in [-0.2, 0) is 25.4 Å². The molecule has 0 amide bonds. The Morgan fingerprint density at radius 3 is 2.42 bits per heavy atom. The van der Waals surface area contributed by atoms with Crippen molar-refractivity contribution in [3.05, 3.63) is 65.7 Å². The van der Waals surface area contributed by atoms with Crippen LogP contribution >= 0.6 is 0 Å². The van der Waals surface area contributed by atoms with Gasteiger partial charge in [-0.15, -0.1) is 0 Å². The van der Waals surface area contributed by atoms with E-state index in [9.17, 15) is 18.2 Å². The van der Waals surface area contributed by atoms with E-state index in [1.807, 2.05) is 37.3 Å². The van der Waals surface area contributed by atoms with Gasteiger partial charge in [0.1, 0.15) is 0 Å². The summed E-state index contributed by atoms with van der Waals surface area (Å²) >= 11 is 0. The van der Waals surface area contributed by atoms with Gasteiger partial charge in [0.05, 0.1) is 0 Å². The van der Waals surface area contributed by atoms with E-state index in [2.05, 4.69) is 4.99 Å². The standard InChI is InChI=1S/C18H20BNO5S/c1-14-7-9-16(10-8-14)26(23,24)25-12-18(21)17(20-13-19-22)11-15-5-3-2-4-6-15/h2-10,13,17-18,21H,11-12H2,1H3/t17-,18?/m0/s1. The Hall–Kier alpha value is -2.16. The predicted molar refractivity (Wildman–Crippen MR) is 99.2 cm³/mol. The summed E-state index contributed by atoms with van der Waals surface area (Å²) in [6, 6.07) is 14.8. The summed E-state index contributed by atoms with van der Waals surface area (Å²) in [6.07, 6.45) is 0.206. The molecule has 0 saturated heterocycles. The SMILES string of the molecule is Cc1ccc(S(=O)(=O)OCC(O)[C@H](Cc2ccccc2)N=CB=O)cc1. The summed E-state index contributed by atoms with van der Waals surface area (Å²) in [5.74, 6) is 0. The molecule has 1 N–H and O–H groups in total. The molecule has 0 bridgehead atoms. The van der Waals surface area contributed by atoms with Crippen LogP contribution in [0.25, 0.3) is 0 Å². The average Bonchev–Trinajstić information content (AvgIpc) is 2.64. The van der Waals surface area contributed by atoms with E-state index in [1.165, 1.54) is 12.1 Å². The van der Waals surface area contributed by atoms with E-state index < -0.39 is 28.9 Å². The topological polar surface area (TPSA) is 93.0 Å². The second kappa shape index (κ2) is 9.52. The molecule has 2 rings (SSSR count). The quantitative estimate of drug-likeness (QED) is 0.411. The molecule has 1 unspecified atom stereocenters. The minimum absolute atomic E-state index is 0.0197. The Bertz CT molecular complexity index is 838. The molecule has 136 valence electrons. The summed E-state index contributed by atoms with van der Waals surface area (Å²) in [5, 5.41) is 10.3. The fraction of sp³-hybridized carbons (Fsp3) is 0.278. The molecule has 0 aliphatic rings. The number of hydrogen-bond donors (Lipinski definition) is 1. The van der Waals surface area contributed by atoms with Crippen LogP contribution in [0.2, 0.25) is 0 Å². The summed E-state index contributed by atoms with van der Waals surface area (Å²) in [4.78, 5) is 4.02. The van der Waals surface area contributed by atoms with E-state index in [0.717, 1.165) is 17.2 Å². The number of aliphatic hydroxyl groups excluding tert-OH is 1. The molecule has 26 heavy (non-hydrogen) atoms. The van der Waals surface area contributed by atoms with Crippen molar-refractivity contribution >= 4 is 23.4 Å². The van der Waals surface area contributed by atoms with Crippen molar-refractivity contribution < 1.29 is 22.4 Å². The predicted octanol–water partition coefficient (Wildman–Crippen LogP) is 1.75. The molecule has 0 saturated carbocycles. The van der Waals surface area contributed by atoms with Crippen molar-refractivity contribution in [1.29, 1.82) is 0 Å². The van der Waals surface area contributed by atoms with Crippen molar-refractivity contribution in [1.82, 2.24) is 0 Å². The summed E-state index contributed by atoms with van der Waals surface area (Å²) in [5.41, 5.74) is 1.83. The molecule has 0 aromatic heterocycles. The zero-order valence-electron chi connectivity index (χ0n) is 14.4. The van der Waals surface area contributed by atoms with E-state index in [1.54, 1.807) is 12.1 Å². The van der Waals surface area contributed by atoms with Gasteiger partial charge in [-0.05, 0) is 0 Å². The van der Waals surface area contributed by atoms with Gasteiger partial charge < -0.3 is 0 Å². The fourth-order valence-corrected chi connectivity index (χ4v) is 3.26. The number of nitrogens with zero attached hydrogens (tertiary/aromatic N) is 1. The average molecular weight is 373 g/mol. The normalized spacial score (nSPS) is 14.1. The van der Waals surface area contributed by atoms with Crippen LogP contribution < -0.4 is 0 Å². The molecule has 6 nitrogen and oxygen atoms in total. The molecule has 0 spiro atoms. The third kappa shape index (κ3) is 5.98. The molecule has 2 aromatic rings. The molecular formula is C18H20BNO5S. The van der Waals surface area contributed by atoms with Crippen molar-refractivity contribution in [2.75, 3.05) is 6.61 Å². The maximum absolute atomic E-state index is 12.2. The number of aliphatic imine (C=N–C) groups is 1. The second-order valence-electron chi connectivity index (χ2n) is 5.81. The molecule has 2 atom stereocenters. The molecule has 0 radical (unpaired) electrons. The van der Waals surface area contributed by atoms with Gasteiger partial charge in [0.2, 0.25) is 0 Å².